The zero-order valence-corrected chi connectivity index (χ0v) is 18.8. The number of rotatable bonds is 7. The van der Waals surface area contributed by atoms with E-state index in [1.54, 1.807) is 47.8 Å². The molecule has 0 aliphatic heterocycles. The zero-order valence-electron chi connectivity index (χ0n) is 17.2. The molecule has 0 aliphatic rings. The molecule has 0 atom stereocenters. The van der Waals surface area contributed by atoms with E-state index >= 15 is 0 Å². The van der Waals surface area contributed by atoms with Crippen LogP contribution in [0.1, 0.15) is 5.56 Å². The second-order valence-corrected chi connectivity index (χ2v) is 8.40. The zero-order chi connectivity index (χ0) is 22.7. The predicted octanol–water partition coefficient (Wildman–Crippen LogP) is 3.23. The van der Waals surface area contributed by atoms with E-state index in [9.17, 15) is 14.4 Å². The standard InChI is InChI=1S/C23H20ClN3O4S/c1-31-19-5-3-2-4-17(19)27-22(29)21-18(11-13-32-21)26(23(27)30)14-20(28)25-12-10-15-6-8-16(24)9-7-15/h2-9,11,13H,10,12,14H2,1H3,(H,25,28). The van der Waals surface area contributed by atoms with Gasteiger partial charge < -0.3 is 10.1 Å². The van der Waals surface area contributed by atoms with Gasteiger partial charge in [0.05, 0.1) is 18.3 Å². The Labute approximate surface area is 192 Å². The van der Waals surface area contributed by atoms with Crippen molar-refractivity contribution >= 4 is 39.1 Å². The van der Waals surface area contributed by atoms with Crippen molar-refractivity contribution in [1.82, 2.24) is 14.5 Å². The number of thiophene rings is 1. The van der Waals surface area contributed by atoms with Crippen molar-refractivity contribution in [2.75, 3.05) is 13.7 Å². The molecule has 1 N–H and O–H groups in total. The molecule has 0 unspecified atom stereocenters. The monoisotopic (exact) mass is 469 g/mol. The van der Waals surface area contributed by atoms with Crippen molar-refractivity contribution < 1.29 is 9.53 Å². The maximum absolute atomic E-state index is 13.3. The summed E-state index contributed by atoms with van der Waals surface area (Å²) in [6.45, 7) is 0.205. The Balaban J connectivity index is 1.63. The number of benzene rings is 2. The largest absolute Gasteiger partial charge is 0.495 e. The highest BCUT2D eigenvalue weighted by molar-refractivity contribution is 7.17. The van der Waals surface area contributed by atoms with Crippen LogP contribution in [0.3, 0.4) is 0 Å². The summed E-state index contributed by atoms with van der Waals surface area (Å²) < 4.78 is 8.10. The molecule has 32 heavy (non-hydrogen) atoms. The van der Waals surface area contributed by atoms with Gasteiger partial charge in [0.25, 0.3) is 5.56 Å². The number of aromatic nitrogens is 2. The molecule has 1 amide bonds. The first kappa shape index (κ1) is 21.9. The Hall–Kier alpha value is -3.36. The van der Waals surface area contributed by atoms with Gasteiger partial charge in [-0.3, -0.25) is 14.2 Å². The molecule has 2 heterocycles. The highest BCUT2D eigenvalue weighted by Crippen LogP contribution is 2.22. The fourth-order valence-corrected chi connectivity index (χ4v) is 4.41. The number of ether oxygens (including phenoxy) is 1. The van der Waals surface area contributed by atoms with Gasteiger partial charge in [-0.25, -0.2) is 9.36 Å². The molecular weight excluding hydrogens is 450 g/mol. The molecule has 4 rings (SSSR count). The van der Waals surface area contributed by atoms with Gasteiger partial charge in [0.15, 0.2) is 0 Å². The van der Waals surface area contributed by atoms with Gasteiger partial charge in [0, 0.05) is 11.6 Å². The number of fused-ring (bicyclic) bond motifs is 1. The van der Waals surface area contributed by atoms with Crippen LogP contribution in [0.5, 0.6) is 5.75 Å². The Morgan fingerprint density at radius 3 is 2.59 bits per heavy atom. The van der Waals surface area contributed by atoms with Crippen LogP contribution in [0.4, 0.5) is 0 Å². The summed E-state index contributed by atoms with van der Waals surface area (Å²) in [5.74, 6) is 0.0698. The van der Waals surface area contributed by atoms with Crippen LogP contribution < -0.4 is 21.3 Å². The van der Waals surface area contributed by atoms with Crippen LogP contribution in [0.15, 0.2) is 69.6 Å². The Morgan fingerprint density at radius 2 is 1.84 bits per heavy atom. The van der Waals surface area contributed by atoms with E-state index in [-0.39, 0.29) is 12.5 Å². The minimum Gasteiger partial charge on any atom is -0.495 e. The van der Waals surface area contributed by atoms with E-state index < -0.39 is 11.2 Å². The van der Waals surface area contributed by atoms with Gasteiger partial charge in [-0.2, -0.15) is 0 Å². The maximum Gasteiger partial charge on any atom is 0.336 e. The number of carbonyl (C=O) groups is 1. The number of nitrogens with one attached hydrogen (secondary N) is 1. The molecule has 0 spiro atoms. The highest BCUT2D eigenvalue weighted by atomic mass is 35.5. The average molecular weight is 470 g/mol. The van der Waals surface area contributed by atoms with Crippen molar-refractivity contribution in [3.8, 4) is 11.4 Å². The number of hydrogen-bond donors (Lipinski definition) is 1. The van der Waals surface area contributed by atoms with Crippen molar-refractivity contribution in [2.24, 2.45) is 0 Å². The van der Waals surface area contributed by atoms with Gasteiger partial charge in [0.1, 0.15) is 17.0 Å². The topological polar surface area (TPSA) is 82.3 Å². The SMILES string of the molecule is COc1ccccc1-n1c(=O)c2sccc2n(CC(=O)NCCc2ccc(Cl)cc2)c1=O. The van der Waals surface area contributed by atoms with Gasteiger partial charge in [-0.05, 0) is 47.7 Å². The third-order valence-corrected chi connectivity index (χ3v) is 6.18. The third kappa shape index (κ3) is 4.32. The fourth-order valence-electron chi connectivity index (χ4n) is 3.46. The van der Waals surface area contributed by atoms with Crippen molar-refractivity contribution in [2.45, 2.75) is 13.0 Å². The molecule has 0 saturated carbocycles. The second-order valence-electron chi connectivity index (χ2n) is 7.04. The molecule has 7 nitrogen and oxygen atoms in total. The van der Waals surface area contributed by atoms with Gasteiger partial charge in [-0.1, -0.05) is 35.9 Å². The van der Waals surface area contributed by atoms with E-state index in [4.69, 9.17) is 16.3 Å². The van der Waals surface area contributed by atoms with E-state index in [0.29, 0.717) is 39.6 Å². The number of methoxy groups -OCH3 is 1. The van der Waals surface area contributed by atoms with Gasteiger partial charge in [0.2, 0.25) is 5.91 Å². The summed E-state index contributed by atoms with van der Waals surface area (Å²) in [7, 11) is 1.47. The Morgan fingerprint density at radius 1 is 1.09 bits per heavy atom. The van der Waals surface area contributed by atoms with Gasteiger partial charge >= 0.3 is 5.69 Å². The summed E-state index contributed by atoms with van der Waals surface area (Å²) in [6, 6.07) is 15.9. The van der Waals surface area contributed by atoms with Crippen LogP contribution in [0.25, 0.3) is 15.9 Å². The van der Waals surface area contributed by atoms with Crippen molar-refractivity contribution in [3.05, 3.63) is 91.4 Å². The molecule has 0 saturated heterocycles. The minimum absolute atomic E-state index is 0.206. The summed E-state index contributed by atoms with van der Waals surface area (Å²) in [5, 5.41) is 5.22. The molecule has 164 valence electrons. The first-order chi connectivity index (χ1) is 15.5. The average Bonchev–Trinajstić information content (AvgIpc) is 3.29. The summed E-state index contributed by atoms with van der Waals surface area (Å²) in [4.78, 5) is 39.0. The summed E-state index contributed by atoms with van der Waals surface area (Å²) in [6.07, 6.45) is 0.631. The highest BCUT2D eigenvalue weighted by Gasteiger charge is 2.19. The summed E-state index contributed by atoms with van der Waals surface area (Å²) in [5.41, 5.74) is 0.764. The molecule has 4 aromatic rings. The first-order valence-electron chi connectivity index (χ1n) is 9.87. The smallest absolute Gasteiger partial charge is 0.336 e. The number of amides is 1. The number of hydrogen-bond acceptors (Lipinski definition) is 5. The van der Waals surface area contributed by atoms with Crippen molar-refractivity contribution in [1.29, 1.82) is 0 Å². The number of halogens is 1. The fraction of sp³-hybridized carbons (Fsp3) is 0.174. The first-order valence-corrected chi connectivity index (χ1v) is 11.1. The number of carbonyl (C=O) groups excluding carboxylic acids is 1. The summed E-state index contributed by atoms with van der Waals surface area (Å²) >= 11 is 7.12. The van der Waals surface area contributed by atoms with Crippen molar-refractivity contribution in [3.63, 3.8) is 0 Å². The van der Waals surface area contributed by atoms with Crippen LogP contribution in [0, 0.1) is 0 Å². The molecule has 0 aliphatic carbocycles. The quantitative estimate of drug-likeness (QED) is 0.450. The normalized spacial score (nSPS) is 10.9. The second kappa shape index (κ2) is 9.42. The molecule has 2 aromatic heterocycles. The van der Waals surface area contributed by atoms with E-state index in [1.165, 1.54) is 23.0 Å². The molecule has 2 aromatic carbocycles. The van der Waals surface area contributed by atoms with Crippen LogP contribution >= 0.6 is 22.9 Å². The lowest BCUT2D eigenvalue weighted by atomic mass is 10.1. The van der Waals surface area contributed by atoms with E-state index in [2.05, 4.69) is 5.32 Å². The van der Waals surface area contributed by atoms with E-state index in [1.807, 2.05) is 12.1 Å². The molecular formula is C23H20ClN3O4S. The lowest BCUT2D eigenvalue weighted by Crippen LogP contribution is -2.41. The molecule has 0 fully saturated rings. The molecule has 0 bridgehead atoms. The molecule has 9 heteroatoms. The van der Waals surface area contributed by atoms with Crippen LogP contribution in [-0.2, 0) is 17.8 Å². The lowest BCUT2D eigenvalue weighted by molar-refractivity contribution is -0.121. The third-order valence-electron chi connectivity index (χ3n) is 5.03. The number of para-hydroxylation sites is 2. The van der Waals surface area contributed by atoms with Crippen LogP contribution in [-0.4, -0.2) is 28.7 Å². The predicted molar refractivity (Wildman–Crippen MR) is 126 cm³/mol. The maximum atomic E-state index is 13.3. The lowest BCUT2D eigenvalue weighted by Gasteiger charge is -2.14. The number of nitrogens with zero attached hydrogens (tertiary/aromatic N) is 2. The minimum atomic E-state index is -0.599. The molecule has 0 radical (unpaired) electrons. The van der Waals surface area contributed by atoms with E-state index in [0.717, 1.165) is 10.1 Å². The Bertz CT molecular complexity index is 1390. The van der Waals surface area contributed by atoms with Crippen LogP contribution in [0.2, 0.25) is 5.02 Å². The van der Waals surface area contributed by atoms with Gasteiger partial charge in [-0.15, -0.1) is 11.3 Å². The Kier molecular flexibility index (Phi) is 6.43.